The first-order chi connectivity index (χ1) is 18.1. The van der Waals surface area contributed by atoms with Gasteiger partial charge in [0.2, 0.25) is 5.82 Å². The number of rotatable bonds is 10. The molecule has 12 nitrogen and oxygen atoms in total. The summed E-state index contributed by atoms with van der Waals surface area (Å²) in [7, 11) is -4.29. The van der Waals surface area contributed by atoms with Crippen LogP contribution in [-0.2, 0) is 23.4 Å². The Morgan fingerprint density at radius 1 is 1.29 bits per heavy atom. The van der Waals surface area contributed by atoms with Crippen molar-refractivity contribution >= 4 is 24.5 Å². The van der Waals surface area contributed by atoms with Gasteiger partial charge in [0.05, 0.1) is 25.5 Å². The number of benzene rings is 2. The summed E-state index contributed by atoms with van der Waals surface area (Å²) < 4.78 is 50.4. The summed E-state index contributed by atoms with van der Waals surface area (Å²) in [6.07, 6.45) is -2.89. The van der Waals surface area contributed by atoms with Gasteiger partial charge < -0.3 is 19.1 Å². The highest BCUT2D eigenvalue weighted by Crippen LogP contribution is 2.47. The molecular formula is C24H27FN3O9P. The first-order valence-electron chi connectivity index (χ1n) is 11.8. The van der Waals surface area contributed by atoms with Crippen molar-refractivity contribution in [2.45, 2.75) is 44.7 Å². The molecule has 38 heavy (non-hydrogen) atoms. The number of aromatic nitrogens is 2. The molecular weight excluding hydrogens is 524 g/mol. The fraction of sp³-hybridized carbons (Fsp3) is 0.375. The Balaban J connectivity index is 1.55. The van der Waals surface area contributed by atoms with Crippen molar-refractivity contribution < 1.29 is 37.4 Å². The molecule has 1 aliphatic heterocycles. The van der Waals surface area contributed by atoms with E-state index in [1.807, 2.05) is 23.2 Å². The SMILES string of the molecule is CCOC(=O)[C@H](C)NP(=O)(OC[C@H]1O[C@@H](n2cc(F)c(=O)[nH]c2=O)C[C@@H]1O)Oc1cccc2ccccc12. The summed E-state index contributed by atoms with van der Waals surface area (Å²) in [5.74, 6) is -1.67. The van der Waals surface area contributed by atoms with Gasteiger partial charge in [-0.3, -0.25) is 23.7 Å². The molecule has 1 aromatic heterocycles. The number of aliphatic hydroxyl groups is 1. The maximum atomic E-state index is 13.9. The molecule has 1 aliphatic rings. The van der Waals surface area contributed by atoms with Crippen LogP contribution in [0, 0.1) is 5.82 Å². The van der Waals surface area contributed by atoms with Crippen molar-refractivity contribution in [1.82, 2.24) is 14.6 Å². The number of halogens is 1. The van der Waals surface area contributed by atoms with Gasteiger partial charge >= 0.3 is 19.4 Å². The monoisotopic (exact) mass is 551 g/mol. The second-order valence-electron chi connectivity index (χ2n) is 8.54. The van der Waals surface area contributed by atoms with Crippen LogP contribution in [0.25, 0.3) is 10.8 Å². The highest BCUT2D eigenvalue weighted by Gasteiger charge is 2.39. The van der Waals surface area contributed by atoms with Gasteiger partial charge in [-0.25, -0.2) is 9.36 Å². The largest absolute Gasteiger partial charge is 0.465 e. The van der Waals surface area contributed by atoms with Gasteiger partial charge in [0.1, 0.15) is 24.1 Å². The molecule has 14 heteroatoms. The fourth-order valence-electron chi connectivity index (χ4n) is 3.93. The van der Waals surface area contributed by atoms with Crippen LogP contribution in [-0.4, -0.2) is 52.1 Å². The van der Waals surface area contributed by atoms with Crippen molar-refractivity contribution in [2.75, 3.05) is 13.2 Å². The van der Waals surface area contributed by atoms with Gasteiger partial charge in [0.15, 0.2) is 0 Å². The number of esters is 1. The van der Waals surface area contributed by atoms with E-state index < -0.39 is 61.9 Å². The molecule has 3 N–H and O–H groups in total. The zero-order chi connectivity index (χ0) is 27.4. The fourth-order valence-corrected chi connectivity index (χ4v) is 5.46. The summed E-state index contributed by atoms with van der Waals surface area (Å²) in [6, 6.07) is 11.3. The van der Waals surface area contributed by atoms with Crippen LogP contribution in [0.15, 0.2) is 58.3 Å². The molecule has 4 rings (SSSR count). The summed E-state index contributed by atoms with van der Waals surface area (Å²) in [4.78, 5) is 37.4. The smallest absolute Gasteiger partial charge is 0.459 e. The predicted octanol–water partition coefficient (Wildman–Crippen LogP) is 2.22. The van der Waals surface area contributed by atoms with Crippen LogP contribution in [0.3, 0.4) is 0 Å². The van der Waals surface area contributed by atoms with Crippen LogP contribution in [0.4, 0.5) is 4.39 Å². The number of aromatic amines is 1. The normalized spacial score (nSPS) is 21.6. The van der Waals surface area contributed by atoms with E-state index in [9.17, 15) is 28.4 Å². The van der Waals surface area contributed by atoms with E-state index in [1.54, 1.807) is 31.2 Å². The first kappa shape index (κ1) is 27.7. The van der Waals surface area contributed by atoms with Gasteiger partial charge in [0.25, 0.3) is 5.56 Å². The molecule has 2 aromatic carbocycles. The lowest BCUT2D eigenvalue weighted by atomic mass is 10.1. The average Bonchev–Trinajstić information content (AvgIpc) is 3.25. The maximum absolute atomic E-state index is 13.9. The van der Waals surface area contributed by atoms with E-state index in [0.29, 0.717) is 11.6 Å². The molecule has 0 radical (unpaired) electrons. The number of nitrogens with one attached hydrogen (secondary N) is 2. The second kappa shape index (κ2) is 11.6. The lowest BCUT2D eigenvalue weighted by Gasteiger charge is -2.25. The number of fused-ring (bicyclic) bond motifs is 1. The highest BCUT2D eigenvalue weighted by molar-refractivity contribution is 7.52. The number of nitrogens with zero attached hydrogens (tertiary/aromatic N) is 1. The van der Waals surface area contributed by atoms with Crippen molar-refractivity contribution in [3.63, 3.8) is 0 Å². The van der Waals surface area contributed by atoms with Gasteiger partial charge in [-0.15, -0.1) is 0 Å². The molecule has 1 unspecified atom stereocenters. The van der Waals surface area contributed by atoms with Crippen molar-refractivity contribution in [2.24, 2.45) is 0 Å². The maximum Gasteiger partial charge on any atom is 0.459 e. The number of hydrogen-bond acceptors (Lipinski definition) is 9. The Morgan fingerprint density at radius 3 is 2.79 bits per heavy atom. The number of hydrogen-bond donors (Lipinski definition) is 3. The third kappa shape index (κ3) is 6.20. The summed E-state index contributed by atoms with van der Waals surface area (Å²) in [5, 5.41) is 14.5. The third-order valence-corrected chi connectivity index (χ3v) is 7.44. The van der Waals surface area contributed by atoms with Gasteiger partial charge in [0, 0.05) is 11.8 Å². The number of ether oxygens (including phenoxy) is 2. The number of aliphatic hydroxyl groups excluding tert-OH is 1. The minimum absolute atomic E-state index is 0.106. The van der Waals surface area contributed by atoms with Crippen LogP contribution >= 0.6 is 7.75 Å². The van der Waals surface area contributed by atoms with Crippen LogP contribution in [0.1, 0.15) is 26.5 Å². The molecule has 0 bridgehead atoms. The lowest BCUT2D eigenvalue weighted by Crippen LogP contribution is -2.36. The Morgan fingerprint density at radius 2 is 2.03 bits per heavy atom. The van der Waals surface area contributed by atoms with Gasteiger partial charge in [-0.2, -0.15) is 9.48 Å². The van der Waals surface area contributed by atoms with Gasteiger partial charge in [-0.05, 0) is 25.3 Å². The standard InChI is InChI=1S/C24H27FN3O9P/c1-3-34-23(31)14(2)27-38(33,37-19-10-6-8-15-7-4-5-9-16(15)19)35-13-20-18(29)11-21(36-20)28-12-17(25)22(30)26-24(28)32/h4-10,12,14,18,20-21,29H,3,11,13H2,1-2H3,(H,27,33)(H,26,30,32)/t14-,18-,20+,21+,38?/m0/s1. The Bertz CT molecular complexity index is 1470. The molecule has 1 saturated heterocycles. The molecule has 3 aromatic rings. The molecule has 0 spiro atoms. The van der Waals surface area contributed by atoms with Crippen LogP contribution in [0.2, 0.25) is 0 Å². The Kier molecular flexibility index (Phi) is 8.44. The van der Waals surface area contributed by atoms with Crippen molar-refractivity contribution in [1.29, 1.82) is 0 Å². The number of H-pyrrole nitrogens is 1. The molecule has 1 fully saturated rings. The highest BCUT2D eigenvalue weighted by atomic mass is 31.2. The molecule has 204 valence electrons. The second-order valence-corrected chi connectivity index (χ2v) is 10.2. The lowest BCUT2D eigenvalue weighted by molar-refractivity contribution is -0.144. The van der Waals surface area contributed by atoms with Gasteiger partial charge in [-0.1, -0.05) is 36.4 Å². The zero-order valence-corrected chi connectivity index (χ0v) is 21.4. The van der Waals surface area contributed by atoms with Crippen molar-refractivity contribution in [3.8, 4) is 5.75 Å². The van der Waals surface area contributed by atoms with E-state index in [2.05, 4.69) is 5.09 Å². The van der Waals surface area contributed by atoms with E-state index in [-0.39, 0.29) is 18.8 Å². The van der Waals surface area contributed by atoms with Crippen LogP contribution in [0.5, 0.6) is 5.75 Å². The minimum atomic E-state index is -4.29. The van der Waals surface area contributed by atoms with E-state index in [0.717, 1.165) is 9.95 Å². The predicted molar refractivity (Wildman–Crippen MR) is 133 cm³/mol. The molecule has 5 atom stereocenters. The minimum Gasteiger partial charge on any atom is -0.465 e. The van der Waals surface area contributed by atoms with Crippen molar-refractivity contribution in [3.05, 3.63) is 75.3 Å². The van der Waals surface area contributed by atoms with E-state index in [1.165, 1.54) is 6.92 Å². The Labute approximate surface area is 215 Å². The summed E-state index contributed by atoms with van der Waals surface area (Å²) in [6.45, 7) is 2.67. The topological polar surface area (TPSA) is 158 Å². The first-order valence-corrected chi connectivity index (χ1v) is 13.4. The quantitative estimate of drug-likeness (QED) is 0.252. The molecule has 0 aliphatic carbocycles. The average molecular weight is 551 g/mol. The third-order valence-electron chi connectivity index (χ3n) is 5.81. The molecule has 2 heterocycles. The molecule has 0 amide bonds. The Hall–Kier alpha value is -3.35. The van der Waals surface area contributed by atoms with Crippen LogP contribution < -0.4 is 20.9 Å². The zero-order valence-electron chi connectivity index (χ0n) is 20.5. The summed E-state index contributed by atoms with van der Waals surface area (Å²) >= 11 is 0. The van der Waals surface area contributed by atoms with E-state index in [4.69, 9.17) is 18.5 Å². The summed E-state index contributed by atoms with van der Waals surface area (Å²) in [5.41, 5.74) is -2.11. The molecule has 0 saturated carbocycles. The van der Waals surface area contributed by atoms with E-state index >= 15 is 0 Å². The number of carbonyl (C=O) groups is 1. The number of carbonyl (C=O) groups excluding carboxylic acids is 1.